The number of aryl methyl sites for hydroxylation is 1. The monoisotopic (exact) mass is 548 g/mol. The summed E-state index contributed by atoms with van der Waals surface area (Å²) in [6.07, 6.45) is 4.81. The number of carboxylic acids is 1. The summed E-state index contributed by atoms with van der Waals surface area (Å²) in [4.78, 5) is 23.1. The molecule has 0 saturated heterocycles. The van der Waals surface area contributed by atoms with E-state index in [1.54, 1.807) is 13.0 Å². The minimum atomic E-state index is -0.803. The fourth-order valence-electron chi connectivity index (χ4n) is 5.79. The van der Waals surface area contributed by atoms with Gasteiger partial charge in [0.15, 0.2) is 0 Å². The summed E-state index contributed by atoms with van der Waals surface area (Å²) in [5.41, 5.74) is 4.15. The van der Waals surface area contributed by atoms with Crippen LogP contribution in [0.4, 0.5) is 0 Å². The molecule has 1 aliphatic rings. The zero-order chi connectivity index (χ0) is 29.1. The highest BCUT2D eigenvalue weighted by molar-refractivity contribution is 5.69. The van der Waals surface area contributed by atoms with Crippen molar-refractivity contribution in [3.05, 3.63) is 64.7 Å². The molecule has 2 N–H and O–H groups in total. The fourth-order valence-corrected chi connectivity index (χ4v) is 5.79. The third-order valence-corrected chi connectivity index (χ3v) is 7.63. The van der Waals surface area contributed by atoms with Crippen molar-refractivity contribution in [2.24, 2.45) is 17.8 Å². The number of nitriles is 1. The first-order valence-electron chi connectivity index (χ1n) is 14.4. The van der Waals surface area contributed by atoms with Gasteiger partial charge >= 0.3 is 11.9 Å². The molecule has 7 nitrogen and oxygen atoms in total. The molecule has 40 heavy (non-hydrogen) atoms. The number of hydrogen-bond donors (Lipinski definition) is 2. The minimum Gasteiger partial charge on any atom is -0.492 e. The van der Waals surface area contributed by atoms with Gasteiger partial charge in [-0.2, -0.15) is 5.26 Å². The quantitative estimate of drug-likeness (QED) is 0.258. The Morgan fingerprint density at radius 2 is 1.88 bits per heavy atom. The zero-order valence-electron chi connectivity index (χ0n) is 24.4. The first kappa shape index (κ1) is 31.2. The van der Waals surface area contributed by atoms with Crippen LogP contribution in [0.2, 0.25) is 0 Å². The number of hydrogen-bond acceptors (Lipinski definition) is 6. The summed E-state index contributed by atoms with van der Waals surface area (Å²) in [5.74, 6) is 0.0777. The van der Waals surface area contributed by atoms with E-state index in [0.29, 0.717) is 49.8 Å². The standard InChI is InChI=1S/C33H44N2O5/c1-5-39-32(38)13-11-24-10-12-29(20-34)30(18-24)40-22-26(14-23(2)15-31(36)37)21-35-33(3,4)19-25-16-27-8-6-7-9-28(27)17-25/h6-10,12,18,23,25-26,35H,5,11,13-17,19,21-22H2,1-4H3,(H,36,37)/t23?,26-/m1/s1. The van der Waals surface area contributed by atoms with E-state index in [-0.39, 0.29) is 36.2 Å². The Hall–Kier alpha value is -3.37. The molecule has 0 fully saturated rings. The van der Waals surface area contributed by atoms with Crippen LogP contribution in [0, 0.1) is 29.1 Å². The van der Waals surface area contributed by atoms with E-state index < -0.39 is 5.97 Å². The zero-order valence-corrected chi connectivity index (χ0v) is 24.4. The van der Waals surface area contributed by atoms with Crippen molar-refractivity contribution in [1.29, 1.82) is 5.26 Å². The van der Waals surface area contributed by atoms with Crippen LogP contribution in [0.3, 0.4) is 0 Å². The lowest BCUT2D eigenvalue weighted by atomic mass is 9.87. The van der Waals surface area contributed by atoms with Crippen molar-refractivity contribution in [3.63, 3.8) is 0 Å². The Labute approximate surface area is 238 Å². The topological polar surface area (TPSA) is 109 Å². The number of ether oxygens (including phenoxy) is 2. The number of nitrogens with one attached hydrogen (secondary N) is 1. The molecular weight excluding hydrogens is 504 g/mol. The fraction of sp³-hybridized carbons (Fsp3) is 0.545. The largest absolute Gasteiger partial charge is 0.492 e. The highest BCUT2D eigenvalue weighted by Gasteiger charge is 2.29. The Morgan fingerprint density at radius 1 is 1.18 bits per heavy atom. The number of carboxylic acid groups (broad SMARTS) is 1. The molecule has 7 heteroatoms. The third-order valence-electron chi connectivity index (χ3n) is 7.63. The van der Waals surface area contributed by atoms with Crippen LogP contribution in [0.5, 0.6) is 5.75 Å². The molecule has 0 bridgehead atoms. The summed E-state index contributed by atoms with van der Waals surface area (Å²) in [6, 6.07) is 16.3. The van der Waals surface area contributed by atoms with Gasteiger partial charge in [0.05, 0.1) is 18.8 Å². The van der Waals surface area contributed by atoms with Gasteiger partial charge in [0.2, 0.25) is 0 Å². The molecule has 3 rings (SSSR count). The van der Waals surface area contributed by atoms with Crippen LogP contribution in [0.1, 0.15) is 75.6 Å². The van der Waals surface area contributed by atoms with E-state index in [9.17, 15) is 20.0 Å². The highest BCUT2D eigenvalue weighted by Crippen LogP contribution is 2.32. The minimum absolute atomic E-state index is 0.00769. The van der Waals surface area contributed by atoms with Crippen molar-refractivity contribution in [2.45, 2.75) is 78.2 Å². The third kappa shape index (κ3) is 9.98. The van der Waals surface area contributed by atoms with Crippen molar-refractivity contribution < 1.29 is 24.2 Å². The Kier molecular flexibility index (Phi) is 11.6. The van der Waals surface area contributed by atoms with Crippen LogP contribution in [0.15, 0.2) is 42.5 Å². The van der Waals surface area contributed by atoms with E-state index in [0.717, 1.165) is 24.8 Å². The molecule has 0 saturated carbocycles. The summed E-state index contributed by atoms with van der Waals surface area (Å²) >= 11 is 0. The van der Waals surface area contributed by atoms with Gasteiger partial charge in [0.1, 0.15) is 11.8 Å². The molecular formula is C33H44N2O5. The first-order valence-corrected chi connectivity index (χ1v) is 14.4. The molecule has 1 unspecified atom stereocenters. The number of nitrogens with zero attached hydrogens (tertiary/aromatic N) is 1. The van der Waals surface area contributed by atoms with E-state index >= 15 is 0 Å². The van der Waals surface area contributed by atoms with E-state index in [2.05, 4.69) is 49.5 Å². The maximum Gasteiger partial charge on any atom is 0.306 e. The first-order chi connectivity index (χ1) is 19.1. The van der Waals surface area contributed by atoms with E-state index in [1.807, 2.05) is 19.1 Å². The smallest absolute Gasteiger partial charge is 0.306 e. The number of aliphatic carboxylic acids is 1. The highest BCUT2D eigenvalue weighted by atomic mass is 16.5. The van der Waals surface area contributed by atoms with Gasteiger partial charge in [0, 0.05) is 30.8 Å². The maximum absolute atomic E-state index is 11.8. The molecule has 2 aromatic rings. The molecule has 0 spiro atoms. The molecule has 0 amide bonds. The van der Waals surface area contributed by atoms with Gasteiger partial charge in [-0.1, -0.05) is 37.3 Å². The second kappa shape index (κ2) is 14.9. The normalized spacial score (nSPS) is 14.7. The maximum atomic E-state index is 11.8. The molecule has 0 heterocycles. The van der Waals surface area contributed by atoms with Crippen molar-refractivity contribution >= 4 is 11.9 Å². The molecule has 216 valence electrons. The number of benzene rings is 2. The van der Waals surface area contributed by atoms with E-state index in [4.69, 9.17) is 9.47 Å². The molecule has 0 radical (unpaired) electrons. The summed E-state index contributed by atoms with van der Waals surface area (Å²) in [7, 11) is 0. The van der Waals surface area contributed by atoms with Gasteiger partial charge in [-0.3, -0.25) is 9.59 Å². The number of carbonyl (C=O) groups excluding carboxylic acids is 1. The summed E-state index contributed by atoms with van der Waals surface area (Å²) in [5, 5.41) is 22.7. The lowest BCUT2D eigenvalue weighted by Crippen LogP contribution is -2.44. The van der Waals surface area contributed by atoms with Gasteiger partial charge in [-0.05, 0) is 93.5 Å². The average Bonchev–Trinajstić information content (AvgIpc) is 3.30. The van der Waals surface area contributed by atoms with Crippen LogP contribution in [-0.2, 0) is 33.6 Å². The van der Waals surface area contributed by atoms with Gasteiger partial charge < -0.3 is 19.9 Å². The van der Waals surface area contributed by atoms with Crippen LogP contribution in [0.25, 0.3) is 0 Å². The van der Waals surface area contributed by atoms with Crippen LogP contribution < -0.4 is 10.1 Å². The molecule has 1 aliphatic carbocycles. The number of carbonyl (C=O) groups is 2. The van der Waals surface area contributed by atoms with Gasteiger partial charge in [-0.15, -0.1) is 0 Å². The number of rotatable bonds is 16. The number of fused-ring (bicyclic) bond motifs is 1. The predicted octanol–water partition coefficient (Wildman–Crippen LogP) is 5.72. The van der Waals surface area contributed by atoms with Crippen molar-refractivity contribution in [1.82, 2.24) is 5.32 Å². The lowest BCUT2D eigenvalue weighted by Gasteiger charge is -2.32. The predicted molar refractivity (Wildman–Crippen MR) is 155 cm³/mol. The van der Waals surface area contributed by atoms with Gasteiger partial charge in [0.25, 0.3) is 0 Å². The Balaban J connectivity index is 1.63. The van der Waals surface area contributed by atoms with Crippen molar-refractivity contribution in [2.75, 3.05) is 19.8 Å². The summed E-state index contributed by atoms with van der Waals surface area (Å²) < 4.78 is 11.2. The molecule has 2 atom stereocenters. The SMILES string of the molecule is CCOC(=O)CCc1ccc(C#N)c(OC[C@@H](CNC(C)(C)CC2Cc3ccccc3C2)CC(C)CC(=O)O)c1. The lowest BCUT2D eigenvalue weighted by molar-refractivity contribution is -0.143. The van der Waals surface area contributed by atoms with E-state index in [1.165, 1.54) is 11.1 Å². The van der Waals surface area contributed by atoms with Crippen LogP contribution in [-0.4, -0.2) is 42.3 Å². The average molecular weight is 549 g/mol. The molecule has 0 aliphatic heterocycles. The number of esters is 1. The van der Waals surface area contributed by atoms with Crippen molar-refractivity contribution in [3.8, 4) is 11.8 Å². The second-order valence-corrected chi connectivity index (χ2v) is 11.9. The Bertz CT molecular complexity index is 1160. The summed E-state index contributed by atoms with van der Waals surface area (Å²) in [6.45, 7) is 9.59. The molecule has 2 aromatic carbocycles. The molecule has 0 aromatic heterocycles. The Morgan fingerprint density at radius 3 is 2.50 bits per heavy atom. The van der Waals surface area contributed by atoms with Crippen LogP contribution >= 0.6 is 0 Å². The van der Waals surface area contributed by atoms with Gasteiger partial charge in [-0.25, -0.2) is 0 Å². The second-order valence-electron chi connectivity index (χ2n) is 11.9.